The van der Waals surface area contributed by atoms with Gasteiger partial charge in [-0.05, 0) is 59.0 Å². The smallest absolute Gasteiger partial charge is 0.497 e. The van der Waals surface area contributed by atoms with Gasteiger partial charge in [-0.1, -0.05) is 94.3 Å². The summed E-state index contributed by atoms with van der Waals surface area (Å²) in [6, 6.07) is 36.6. The number of rotatable bonds is 3. The first-order chi connectivity index (χ1) is 21.2. The molecule has 0 atom stereocenters. The molecule has 4 aromatic heterocycles. The predicted octanol–water partition coefficient (Wildman–Crippen LogP) is 9.27. The molecular weight excluding hydrogens is 724 g/mol. The second-order valence-electron chi connectivity index (χ2n) is 11.0. The van der Waals surface area contributed by atoms with E-state index in [0.29, 0.717) is 11.5 Å². The van der Waals surface area contributed by atoms with Crippen molar-refractivity contribution in [1.29, 1.82) is 0 Å². The van der Waals surface area contributed by atoms with E-state index in [4.69, 9.17) is 9.72 Å². The Kier molecular flexibility index (Phi) is 6.07. The summed E-state index contributed by atoms with van der Waals surface area (Å²) in [6.45, 7) is 4.36. The predicted molar refractivity (Wildman–Crippen MR) is 173 cm³/mol. The van der Waals surface area contributed by atoms with Crippen LogP contribution < -0.4 is 4.74 Å². The Labute approximate surface area is 267 Å². The van der Waals surface area contributed by atoms with Gasteiger partial charge >= 0.3 is 21.1 Å². The molecule has 212 valence electrons. The Hall–Kier alpha value is -4.99. The number of aryl methyl sites for hydroxylation is 2. The molecule has 0 N–H and O–H groups in total. The molecule has 0 saturated carbocycles. The van der Waals surface area contributed by atoms with Crippen molar-refractivity contribution in [2.75, 3.05) is 0 Å². The summed E-state index contributed by atoms with van der Waals surface area (Å²) >= 11 is 0. The zero-order valence-electron chi connectivity index (χ0n) is 23.9. The number of benzene rings is 5. The van der Waals surface area contributed by atoms with Gasteiger partial charge in [-0.25, -0.2) is 0 Å². The molecule has 5 aromatic carbocycles. The van der Waals surface area contributed by atoms with Gasteiger partial charge in [0.1, 0.15) is 0 Å². The van der Waals surface area contributed by atoms with E-state index < -0.39 is 0 Å². The van der Waals surface area contributed by atoms with Gasteiger partial charge in [-0.2, -0.15) is 0 Å². The van der Waals surface area contributed by atoms with Gasteiger partial charge in [-0.15, -0.1) is 12.1 Å². The average molecular weight is 748 g/mol. The summed E-state index contributed by atoms with van der Waals surface area (Å²) in [5, 5.41) is 6.34. The molecule has 0 unspecified atom stereocenters. The molecule has 0 spiro atoms. The van der Waals surface area contributed by atoms with Crippen LogP contribution in [0.15, 0.2) is 110 Å². The minimum absolute atomic E-state index is 0. The Bertz CT molecular complexity index is 2560. The zero-order chi connectivity index (χ0) is 28.7. The quantitative estimate of drug-likeness (QED) is 0.134. The van der Waals surface area contributed by atoms with Crippen LogP contribution in [0.3, 0.4) is 0 Å². The maximum atomic E-state index is 6.44. The molecule has 0 radical (unpaired) electrons. The minimum Gasteiger partial charge on any atom is -0.497 e. The van der Waals surface area contributed by atoms with Crippen molar-refractivity contribution in [2.24, 2.45) is 0 Å². The van der Waals surface area contributed by atoms with Crippen molar-refractivity contribution in [3.05, 3.63) is 133 Å². The second kappa shape index (κ2) is 10.0. The first-order valence-corrected chi connectivity index (χ1v) is 14.3. The fourth-order valence-corrected chi connectivity index (χ4v) is 6.72. The molecule has 9 aromatic rings. The minimum atomic E-state index is 0. The maximum Gasteiger partial charge on any atom is 2.00 e. The fourth-order valence-electron chi connectivity index (χ4n) is 6.72. The van der Waals surface area contributed by atoms with E-state index in [9.17, 15) is 0 Å². The van der Waals surface area contributed by atoms with Crippen molar-refractivity contribution in [3.63, 3.8) is 0 Å². The van der Waals surface area contributed by atoms with E-state index >= 15 is 0 Å². The van der Waals surface area contributed by atoms with Gasteiger partial charge < -0.3 is 13.5 Å². The Balaban J connectivity index is 0.00000289. The largest absolute Gasteiger partial charge is 2.00 e. The van der Waals surface area contributed by atoms with Crippen molar-refractivity contribution in [3.8, 4) is 22.6 Å². The molecule has 0 aliphatic carbocycles. The van der Waals surface area contributed by atoms with E-state index in [-0.39, 0.29) is 21.1 Å². The molecule has 0 aliphatic heterocycles. The SMILES string of the molecule is Cc1cccc(C)c1-c1cccc2c1c1ccc(Oc3[c-]c4c(cc3)c3ccccc3n3ccnc43)[c-]c1c1nccn21.[Pt+2]. The van der Waals surface area contributed by atoms with E-state index in [2.05, 4.69) is 113 Å². The number of pyridine rings is 2. The first-order valence-electron chi connectivity index (χ1n) is 14.3. The van der Waals surface area contributed by atoms with Gasteiger partial charge in [0.25, 0.3) is 0 Å². The third-order valence-corrected chi connectivity index (χ3v) is 8.56. The molecule has 4 heterocycles. The summed E-state index contributed by atoms with van der Waals surface area (Å²) in [6.07, 6.45) is 7.68. The molecule has 0 aliphatic rings. The number of hydrogen-bond acceptors (Lipinski definition) is 3. The summed E-state index contributed by atoms with van der Waals surface area (Å²) in [7, 11) is 0. The Morgan fingerprint density at radius 3 is 1.91 bits per heavy atom. The van der Waals surface area contributed by atoms with Crippen molar-refractivity contribution >= 4 is 54.6 Å². The van der Waals surface area contributed by atoms with Crippen LogP contribution in [0.5, 0.6) is 11.5 Å². The summed E-state index contributed by atoms with van der Waals surface area (Å²) in [5.41, 5.74) is 8.89. The van der Waals surface area contributed by atoms with Crippen molar-refractivity contribution in [1.82, 2.24) is 18.8 Å². The molecule has 0 bridgehead atoms. The maximum absolute atomic E-state index is 6.44. The Morgan fingerprint density at radius 1 is 0.591 bits per heavy atom. The van der Waals surface area contributed by atoms with Crippen LogP contribution in [0.1, 0.15) is 11.1 Å². The zero-order valence-corrected chi connectivity index (χ0v) is 26.2. The number of nitrogens with zero attached hydrogens (tertiary/aromatic N) is 4. The summed E-state index contributed by atoms with van der Waals surface area (Å²) in [5.74, 6) is 1.22. The van der Waals surface area contributed by atoms with Crippen LogP contribution in [0, 0.1) is 26.0 Å². The summed E-state index contributed by atoms with van der Waals surface area (Å²) in [4.78, 5) is 9.38. The van der Waals surface area contributed by atoms with Gasteiger partial charge in [0.15, 0.2) is 0 Å². The van der Waals surface area contributed by atoms with Gasteiger partial charge in [-0.3, -0.25) is 9.97 Å². The Morgan fingerprint density at radius 2 is 1.18 bits per heavy atom. The van der Waals surface area contributed by atoms with Crippen LogP contribution in [0.2, 0.25) is 0 Å². The number of imidazole rings is 2. The number of para-hydroxylation sites is 1. The molecule has 0 saturated heterocycles. The number of fused-ring (bicyclic) bond motifs is 12. The van der Waals surface area contributed by atoms with Gasteiger partial charge in [0.05, 0.1) is 11.3 Å². The average Bonchev–Trinajstić information content (AvgIpc) is 3.73. The number of hydrogen-bond donors (Lipinski definition) is 0. The molecule has 0 amide bonds. The third-order valence-electron chi connectivity index (χ3n) is 8.56. The van der Waals surface area contributed by atoms with E-state index in [0.717, 1.165) is 49.3 Å². The third kappa shape index (κ3) is 3.82. The van der Waals surface area contributed by atoms with Gasteiger partial charge in [0.2, 0.25) is 0 Å². The van der Waals surface area contributed by atoms with Crippen molar-refractivity contribution in [2.45, 2.75) is 13.8 Å². The van der Waals surface area contributed by atoms with Crippen LogP contribution in [-0.4, -0.2) is 18.8 Å². The molecule has 44 heavy (non-hydrogen) atoms. The number of ether oxygens (including phenoxy) is 1. The van der Waals surface area contributed by atoms with Crippen LogP contribution in [0.4, 0.5) is 0 Å². The first kappa shape index (κ1) is 26.6. The molecule has 0 fully saturated rings. The normalized spacial score (nSPS) is 11.7. The summed E-state index contributed by atoms with van der Waals surface area (Å²) < 4.78 is 10.7. The van der Waals surface area contributed by atoms with Crippen LogP contribution in [-0.2, 0) is 21.1 Å². The van der Waals surface area contributed by atoms with E-state index in [1.165, 1.54) is 27.6 Å². The van der Waals surface area contributed by atoms with E-state index in [1.54, 1.807) is 0 Å². The monoisotopic (exact) mass is 747 g/mol. The van der Waals surface area contributed by atoms with Crippen molar-refractivity contribution < 1.29 is 25.8 Å². The fraction of sp³-hybridized carbons (Fsp3) is 0.0526. The van der Waals surface area contributed by atoms with E-state index in [1.807, 2.05) is 36.9 Å². The second-order valence-corrected chi connectivity index (χ2v) is 11.0. The molecule has 6 heteroatoms. The standard InChI is InChI=1S/C38H24N4O.Pt/c1-23-7-5-8-24(2)35(23)30-10-6-12-34-36(30)29-16-14-26(22-32(29)38-40-18-20-42(34)38)43-25-13-15-27-28-9-3-4-11-33(28)41-19-17-39-37(41)31(27)21-25;/h3-20H,1-2H3;/q-2;+2. The molecule has 9 rings (SSSR count). The van der Waals surface area contributed by atoms with Gasteiger partial charge in [0, 0.05) is 47.3 Å². The topological polar surface area (TPSA) is 43.8 Å². The van der Waals surface area contributed by atoms with Crippen LogP contribution in [0.25, 0.3) is 65.8 Å². The number of aromatic nitrogens is 4. The van der Waals surface area contributed by atoms with Crippen LogP contribution >= 0.6 is 0 Å². The molecule has 5 nitrogen and oxygen atoms in total. The molecular formula is C38H24N4OPt.